The van der Waals surface area contributed by atoms with Crippen LogP contribution >= 0.6 is 0 Å². The highest BCUT2D eigenvalue weighted by Crippen LogP contribution is 2.39. The molecule has 16 heavy (non-hydrogen) atoms. The summed E-state index contributed by atoms with van der Waals surface area (Å²) in [4.78, 5) is 0. The third-order valence-electron chi connectivity index (χ3n) is 4.43. The molecule has 0 bridgehead atoms. The maximum atomic E-state index is 3.70. The van der Waals surface area contributed by atoms with E-state index in [2.05, 4.69) is 36.5 Å². The Morgan fingerprint density at radius 1 is 1.31 bits per heavy atom. The molecule has 1 aromatic rings. The molecule has 0 radical (unpaired) electrons. The molecule has 1 heterocycles. The van der Waals surface area contributed by atoms with Crippen molar-refractivity contribution in [1.29, 1.82) is 0 Å². The van der Waals surface area contributed by atoms with Crippen LogP contribution in [0.15, 0.2) is 24.3 Å². The lowest BCUT2D eigenvalue weighted by Crippen LogP contribution is -2.42. The van der Waals surface area contributed by atoms with Crippen LogP contribution in [0.5, 0.6) is 0 Å². The zero-order valence-corrected chi connectivity index (χ0v) is 10.1. The minimum atomic E-state index is 0.757. The summed E-state index contributed by atoms with van der Waals surface area (Å²) in [5, 5.41) is 3.70. The normalized spacial score (nSPS) is 32.9. The Kier molecular flexibility index (Phi) is 2.72. The van der Waals surface area contributed by atoms with E-state index in [0.29, 0.717) is 0 Å². The van der Waals surface area contributed by atoms with Crippen LogP contribution < -0.4 is 5.32 Å². The third kappa shape index (κ3) is 1.78. The minimum Gasteiger partial charge on any atom is -0.314 e. The van der Waals surface area contributed by atoms with E-state index in [-0.39, 0.29) is 0 Å². The molecule has 1 saturated heterocycles. The van der Waals surface area contributed by atoms with Crippen molar-refractivity contribution < 1.29 is 0 Å². The van der Waals surface area contributed by atoms with Crippen molar-refractivity contribution in [2.75, 3.05) is 6.54 Å². The standard InChI is InChI=1S/C15H21N/c1-11-5-4-8-16-15(11)10-13-9-12-6-2-3-7-14(12)13/h2-3,6-7,11,13,15-16H,4-5,8-10H2,1H3. The van der Waals surface area contributed by atoms with Crippen molar-refractivity contribution >= 4 is 0 Å². The monoisotopic (exact) mass is 215 g/mol. The van der Waals surface area contributed by atoms with E-state index in [4.69, 9.17) is 0 Å². The quantitative estimate of drug-likeness (QED) is 0.799. The van der Waals surface area contributed by atoms with Gasteiger partial charge in [-0.1, -0.05) is 31.2 Å². The van der Waals surface area contributed by atoms with Gasteiger partial charge in [-0.3, -0.25) is 0 Å². The Bertz CT molecular complexity index is 371. The molecule has 0 aromatic heterocycles. The van der Waals surface area contributed by atoms with Gasteiger partial charge < -0.3 is 5.32 Å². The molecule has 1 aromatic carbocycles. The van der Waals surface area contributed by atoms with Crippen molar-refractivity contribution in [2.24, 2.45) is 5.92 Å². The molecule has 3 unspecified atom stereocenters. The first kappa shape index (κ1) is 10.3. The first-order valence-electron chi connectivity index (χ1n) is 6.66. The van der Waals surface area contributed by atoms with Gasteiger partial charge in [0, 0.05) is 6.04 Å². The molecule has 86 valence electrons. The van der Waals surface area contributed by atoms with Crippen LogP contribution in [0.2, 0.25) is 0 Å². The van der Waals surface area contributed by atoms with Gasteiger partial charge in [-0.25, -0.2) is 0 Å². The second kappa shape index (κ2) is 4.21. The largest absolute Gasteiger partial charge is 0.314 e. The van der Waals surface area contributed by atoms with Crippen molar-refractivity contribution in [1.82, 2.24) is 5.32 Å². The summed E-state index contributed by atoms with van der Waals surface area (Å²) in [7, 11) is 0. The highest BCUT2D eigenvalue weighted by Gasteiger charge is 2.30. The first-order valence-corrected chi connectivity index (χ1v) is 6.66. The molecule has 1 aliphatic carbocycles. The summed E-state index contributed by atoms with van der Waals surface area (Å²) in [5.74, 6) is 1.69. The van der Waals surface area contributed by atoms with E-state index in [1.807, 2.05) is 0 Å². The summed E-state index contributed by atoms with van der Waals surface area (Å²) in [6.45, 7) is 3.63. The van der Waals surface area contributed by atoms with E-state index < -0.39 is 0 Å². The van der Waals surface area contributed by atoms with Gasteiger partial charge in [0.1, 0.15) is 0 Å². The molecule has 1 N–H and O–H groups in total. The number of benzene rings is 1. The number of hydrogen-bond acceptors (Lipinski definition) is 1. The second-order valence-corrected chi connectivity index (χ2v) is 5.52. The molecule has 1 aliphatic heterocycles. The molecule has 1 heteroatoms. The van der Waals surface area contributed by atoms with Crippen LogP contribution in [0.25, 0.3) is 0 Å². The molecule has 2 aliphatic rings. The lowest BCUT2D eigenvalue weighted by Gasteiger charge is -2.37. The molecule has 1 nitrogen and oxygen atoms in total. The molecule has 0 saturated carbocycles. The fourth-order valence-corrected chi connectivity index (χ4v) is 3.31. The molecule has 1 fully saturated rings. The molecular weight excluding hydrogens is 194 g/mol. The van der Waals surface area contributed by atoms with Gasteiger partial charge in [-0.15, -0.1) is 0 Å². The topological polar surface area (TPSA) is 12.0 Å². The van der Waals surface area contributed by atoms with Gasteiger partial charge in [-0.2, -0.15) is 0 Å². The Morgan fingerprint density at radius 2 is 2.19 bits per heavy atom. The van der Waals surface area contributed by atoms with Crippen LogP contribution in [0.3, 0.4) is 0 Å². The Labute approximate surface area is 98.3 Å². The van der Waals surface area contributed by atoms with E-state index in [1.54, 1.807) is 11.1 Å². The second-order valence-electron chi connectivity index (χ2n) is 5.52. The van der Waals surface area contributed by atoms with Gasteiger partial charge in [0.15, 0.2) is 0 Å². The maximum Gasteiger partial charge on any atom is 0.00986 e. The van der Waals surface area contributed by atoms with Crippen molar-refractivity contribution in [2.45, 2.75) is 44.6 Å². The predicted molar refractivity (Wildman–Crippen MR) is 67.7 cm³/mol. The number of fused-ring (bicyclic) bond motifs is 1. The van der Waals surface area contributed by atoms with Crippen LogP contribution in [0.1, 0.15) is 43.2 Å². The number of piperidine rings is 1. The summed E-state index contributed by atoms with van der Waals surface area (Å²) < 4.78 is 0. The number of hydrogen-bond donors (Lipinski definition) is 1. The highest BCUT2D eigenvalue weighted by molar-refractivity contribution is 5.39. The van der Waals surface area contributed by atoms with Gasteiger partial charge >= 0.3 is 0 Å². The van der Waals surface area contributed by atoms with Crippen molar-refractivity contribution in [3.63, 3.8) is 0 Å². The summed E-state index contributed by atoms with van der Waals surface area (Å²) in [5.41, 5.74) is 3.19. The number of nitrogens with one attached hydrogen (secondary N) is 1. The maximum absolute atomic E-state index is 3.70. The van der Waals surface area contributed by atoms with E-state index >= 15 is 0 Å². The minimum absolute atomic E-state index is 0.757. The molecular formula is C15H21N. The van der Waals surface area contributed by atoms with Gasteiger partial charge in [0.25, 0.3) is 0 Å². The van der Waals surface area contributed by atoms with Crippen LogP contribution in [0.4, 0.5) is 0 Å². The Hall–Kier alpha value is -0.820. The fourth-order valence-electron chi connectivity index (χ4n) is 3.31. The summed E-state index contributed by atoms with van der Waals surface area (Å²) in [6.07, 6.45) is 5.42. The first-order chi connectivity index (χ1) is 7.84. The SMILES string of the molecule is CC1CCCNC1CC1Cc2ccccc21. The van der Waals surface area contributed by atoms with Crippen LogP contribution in [0, 0.1) is 5.92 Å². The smallest absolute Gasteiger partial charge is 0.00986 e. The molecule has 3 atom stereocenters. The Balaban J connectivity index is 1.65. The lowest BCUT2D eigenvalue weighted by atomic mass is 9.72. The van der Waals surface area contributed by atoms with Gasteiger partial charge in [0.2, 0.25) is 0 Å². The zero-order valence-electron chi connectivity index (χ0n) is 10.1. The third-order valence-corrected chi connectivity index (χ3v) is 4.43. The van der Waals surface area contributed by atoms with Crippen LogP contribution in [-0.2, 0) is 6.42 Å². The van der Waals surface area contributed by atoms with Crippen LogP contribution in [-0.4, -0.2) is 12.6 Å². The average Bonchev–Trinajstić information content (AvgIpc) is 2.28. The van der Waals surface area contributed by atoms with Crippen molar-refractivity contribution in [3.05, 3.63) is 35.4 Å². The average molecular weight is 215 g/mol. The van der Waals surface area contributed by atoms with E-state index in [1.165, 1.54) is 32.2 Å². The fraction of sp³-hybridized carbons (Fsp3) is 0.600. The van der Waals surface area contributed by atoms with Gasteiger partial charge in [0.05, 0.1) is 0 Å². The predicted octanol–water partition coefficient (Wildman–Crippen LogP) is 3.10. The summed E-state index contributed by atoms with van der Waals surface area (Å²) >= 11 is 0. The zero-order chi connectivity index (χ0) is 11.0. The molecule has 0 amide bonds. The summed E-state index contributed by atoms with van der Waals surface area (Å²) in [6, 6.07) is 9.70. The molecule has 0 spiro atoms. The van der Waals surface area contributed by atoms with E-state index in [0.717, 1.165) is 17.9 Å². The highest BCUT2D eigenvalue weighted by atomic mass is 14.9. The number of rotatable bonds is 2. The van der Waals surface area contributed by atoms with Gasteiger partial charge in [-0.05, 0) is 55.2 Å². The lowest BCUT2D eigenvalue weighted by molar-refractivity contribution is 0.266. The molecule has 3 rings (SSSR count). The van der Waals surface area contributed by atoms with Crippen molar-refractivity contribution in [3.8, 4) is 0 Å². The Morgan fingerprint density at radius 3 is 3.00 bits per heavy atom. The van der Waals surface area contributed by atoms with E-state index in [9.17, 15) is 0 Å².